The molecule has 3 nitrogen and oxygen atoms in total. The number of amides is 1. The Balaban J connectivity index is 2.15. The Kier molecular flexibility index (Phi) is 4.42. The molecule has 1 aliphatic heterocycles. The molecule has 1 aliphatic rings. The SMILES string of the molecule is CCCSc1ncccc1C(=O)N1CCCC1. The highest BCUT2D eigenvalue weighted by Crippen LogP contribution is 2.23. The summed E-state index contributed by atoms with van der Waals surface area (Å²) in [6.45, 7) is 3.93. The molecule has 0 saturated carbocycles. The molecule has 17 heavy (non-hydrogen) atoms. The number of hydrogen-bond acceptors (Lipinski definition) is 3. The Hall–Kier alpha value is -1.03. The summed E-state index contributed by atoms with van der Waals surface area (Å²) >= 11 is 1.68. The van der Waals surface area contributed by atoms with E-state index in [9.17, 15) is 4.79 Å². The highest BCUT2D eigenvalue weighted by Gasteiger charge is 2.22. The molecule has 1 fully saturated rings. The number of hydrogen-bond donors (Lipinski definition) is 0. The molecule has 92 valence electrons. The number of rotatable bonds is 4. The van der Waals surface area contributed by atoms with Crippen molar-refractivity contribution >= 4 is 17.7 Å². The van der Waals surface area contributed by atoms with Gasteiger partial charge in [-0.1, -0.05) is 6.92 Å². The van der Waals surface area contributed by atoms with Crippen molar-refractivity contribution in [2.45, 2.75) is 31.2 Å². The highest BCUT2D eigenvalue weighted by atomic mass is 32.2. The summed E-state index contributed by atoms with van der Waals surface area (Å²) in [4.78, 5) is 18.6. The molecule has 1 aromatic rings. The molecule has 0 aliphatic carbocycles. The molecule has 1 aromatic heterocycles. The van der Waals surface area contributed by atoms with Crippen LogP contribution in [-0.2, 0) is 0 Å². The fraction of sp³-hybridized carbons (Fsp3) is 0.538. The van der Waals surface area contributed by atoms with E-state index in [-0.39, 0.29) is 5.91 Å². The summed E-state index contributed by atoms with van der Waals surface area (Å²) in [5.41, 5.74) is 0.771. The molecule has 2 heterocycles. The number of likely N-dealkylation sites (tertiary alicyclic amines) is 1. The molecule has 1 amide bonds. The van der Waals surface area contributed by atoms with Crippen molar-refractivity contribution in [3.8, 4) is 0 Å². The number of aromatic nitrogens is 1. The van der Waals surface area contributed by atoms with Gasteiger partial charge in [-0.3, -0.25) is 4.79 Å². The van der Waals surface area contributed by atoms with Gasteiger partial charge < -0.3 is 4.90 Å². The summed E-state index contributed by atoms with van der Waals surface area (Å²) < 4.78 is 0. The maximum absolute atomic E-state index is 12.3. The number of pyridine rings is 1. The van der Waals surface area contributed by atoms with E-state index in [2.05, 4.69) is 11.9 Å². The van der Waals surface area contributed by atoms with Crippen LogP contribution in [0.1, 0.15) is 36.5 Å². The van der Waals surface area contributed by atoms with Crippen LogP contribution in [0.3, 0.4) is 0 Å². The van der Waals surface area contributed by atoms with E-state index in [1.807, 2.05) is 17.0 Å². The molecule has 0 radical (unpaired) electrons. The van der Waals surface area contributed by atoms with E-state index >= 15 is 0 Å². The summed E-state index contributed by atoms with van der Waals surface area (Å²) in [6.07, 6.45) is 5.12. The van der Waals surface area contributed by atoms with Crippen LogP contribution in [0.25, 0.3) is 0 Å². The molecule has 0 unspecified atom stereocenters. The first-order chi connectivity index (χ1) is 8.33. The predicted octanol–water partition coefficient (Wildman–Crippen LogP) is 2.82. The first-order valence-electron chi connectivity index (χ1n) is 6.20. The van der Waals surface area contributed by atoms with Crippen LogP contribution in [0.4, 0.5) is 0 Å². The zero-order valence-electron chi connectivity index (χ0n) is 10.2. The minimum atomic E-state index is 0.147. The lowest BCUT2D eigenvalue weighted by atomic mass is 10.2. The first-order valence-corrected chi connectivity index (χ1v) is 7.18. The van der Waals surface area contributed by atoms with Gasteiger partial charge in [0.05, 0.1) is 5.56 Å². The number of carbonyl (C=O) groups is 1. The van der Waals surface area contributed by atoms with Gasteiger partial charge in [0.15, 0.2) is 0 Å². The molecule has 1 saturated heterocycles. The van der Waals surface area contributed by atoms with E-state index in [0.717, 1.165) is 48.7 Å². The van der Waals surface area contributed by atoms with Gasteiger partial charge in [-0.25, -0.2) is 4.98 Å². The average Bonchev–Trinajstić information content (AvgIpc) is 2.89. The molecule has 0 atom stereocenters. The van der Waals surface area contributed by atoms with Crippen molar-refractivity contribution in [3.63, 3.8) is 0 Å². The lowest BCUT2D eigenvalue weighted by Gasteiger charge is -2.16. The molecule has 0 bridgehead atoms. The number of nitrogens with zero attached hydrogens (tertiary/aromatic N) is 2. The normalized spacial score (nSPS) is 15.2. The van der Waals surface area contributed by atoms with Crippen molar-refractivity contribution in [1.82, 2.24) is 9.88 Å². The van der Waals surface area contributed by atoms with Crippen LogP contribution in [-0.4, -0.2) is 34.6 Å². The van der Waals surface area contributed by atoms with E-state index in [1.165, 1.54) is 0 Å². The third-order valence-electron chi connectivity index (χ3n) is 2.84. The number of carbonyl (C=O) groups excluding carboxylic acids is 1. The molecule has 2 rings (SSSR count). The van der Waals surface area contributed by atoms with Gasteiger partial charge >= 0.3 is 0 Å². The highest BCUT2D eigenvalue weighted by molar-refractivity contribution is 7.99. The maximum Gasteiger partial charge on any atom is 0.256 e. The zero-order valence-corrected chi connectivity index (χ0v) is 11.0. The molecule has 0 spiro atoms. The van der Waals surface area contributed by atoms with Crippen molar-refractivity contribution in [2.75, 3.05) is 18.8 Å². The van der Waals surface area contributed by atoms with Crippen molar-refractivity contribution in [1.29, 1.82) is 0 Å². The fourth-order valence-electron chi connectivity index (χ4n) is 1.96. The van der Waals surface area contributed by atoms with Gasteiger partial charge in [0, 0.05) is 19.3 Å². The lowest BCUT2D eigenvalue weighted by molar-refractivity contribution is 0.0788. The molecular formula is C13H18N2OS. The van der Waals surface area contributed by atoms with Gasteiger partial charge in [0.25, 0.3) is 5.91 Å². The van der Waals surface area contributed by atoms with Crippen molar-refractivity contribution in [2.24, 2.45) is 0 Å². The molecule has 4 heteroatoms. The average molecular weight is 250 g/mol. The Morgan fingerprint density at radius 1 is 1.47 bits per heavy atom. The molecular weight excluding hydrogens is 232 g/mol. The largest absolute Gasteiger partial charge is 0.339 e. The van der Waals surface area contributed by atoms with Gasteiger partial charge in [-0.2, -0.15) is 0 Å². The van der Waals surface area contributed by atoms with Crippen molar-refractivity contribution < 1.29 is 4.79 Å². The monoisotopic (exact) mass is 250 g/mol. The summed E-state index contributed by atoms with van der Waals surface area (Å²) in [5, 5.41) is 0.881. The van der Waals surface area contributed by atoms with Crippen LogP contribution < -0.4 is 0 Å². The second kappa shape index (κ2) is 6.05. The van der Waals surface area contributed by atoms with Gasteiger partial charge in [0.1, 0.15) is 5.03 Å². The smallest absolute Gasteiger partial charge is 0.256 e. The van der Waals surface area contributed by atoms with Crippen LogP contribution in [0.15, 0.2) is 23.4 Å². The minimum absolute atomic E-state index is 0.147. The lowest BCUT2D eigenvalue weighted by Crippen LogP contribution is -2.28. The molecule has 0 aromatic carbocycles. The predicted molar refractivity (Wildman–Crippen MR) is 70.4 cm³/mol. The summed E-state index contributed by atoms with van der Waals surface area (Å²) in [5.74, 6) is 1.16. The third-order valence-corrected chi connectivity index (χ3v) is 4.05. The van der Waals surface area contributed by atoms with E-state index < -0.39 is 0 Å². The van der Waals surface area contributed by atoms with E-state index in [4.69, 9.17) is 0 Å². The minimum Gasteiger partial charge on any atom is -0.339 e. The third kappa shape index (κ3) is 3.00. The van der Waals surface area contributed by atoms with Gasteiger partial charge in [-0.15, -0.1) is 11.8 Å². The Bertz CT molecular complexity index is 389. The quantitative estimate of drug-likeness (QED) is 0.770. The Morgan fingerprint density at radius 2 is 2.24 bits per heavy atom. The second-order valence-electron chi connectivity index (χ2n) is 4.20. The van der Waals surface area contributed by atoms with E-state index in [1.54, 1.807) is 18.0 Å². The van der Waals surface area contributed by atoms with Gasteiger partial charge in [-0.05, 0) is 37.1 Å². The standard InChI is InChI=1S/C13H18N2OS/c1-2-10-17-12-11(6-5-7-14-12)13(16)15-8-3-4-9-15/h5-7H,2-4,8-10H2,1H3. The Labute approximate surface area is 107 Å². The van der Waals surface area contributed by atoms with Gasteiger partial charge in [0.2, 0.25) is 0 Å². The number of thioether (sulfide) groups is 1. The topological polar surface area (TPSA) is 33.2 Å². The van der Waals surface area contributed by atoms with Crippen molar-refractivity contribution in [3.05, 3.63) is 23.9 Å². The van der Waals surface area contributed by atoms with E-state index in [0.29, 0.717) is 0 Å². The van der Waals surface area contributed by atoms with Crippen LogP contribution in [0.5, 0.6) is 0 Å². The fourth-order valence-corrected chi connectivity index (χ4v) is 2.80. The van der Waals surface area contributed by atoms with Crippen LogP contribution in [0.2, 0.25) is 0 Å². The van der Waals surface area contributed by atoms with Crippen LogP contribution >= 0.6 is 11.8 Å². The Morgan fingerprint density at radius 3 is 2.94 bits per heavy atom. The second-order valence-corrected chi connectivity index (χ2v) is 5.29. The first kappa shape index (κ1) is 12.4. The van der Waals surface area contributed by atoms with Crippen LogP contribution in [0, 0.1) is 0 Å². The summed E-state index contributed by atoms with van der Waals surface area (Å²) in [6, 6.07) is 3.74. The zero-order chi connectivity index (χ0) is 12.1. The maximum atomic E-state index is 12.3. The summed E-state index contributed by atoms with van der Waals surface area (Å²) in [7, 11) is 0. The molecule has 0 N–H and O–H groups in total.